The smallest absolute Gasteiger partial charge is 0.263 e. The van der Waals surface area contributed by atoms with E-state index in [2.05, 4.69) is 20.0 Å². The van der Waals surface area contributed by atoms with Crippen LogP contribution in [0.15, 0.2) is 53.4 Å². The van der Waals surface area contributed by atoms with Gasteiger partial charge in [-0.2, -0.15) is 0 Å². The van der Waals surface area contributed by atoms with E-state index in [1.807, 2.05) is 0 Å². The van der Waals surface area contributed by atoms with Crippen LogP contribution in [-0.2, 0) is 10.0 Å². The van der Waals surface area contributed by atoms with Gasteiger partial charge in [0.25, 0.3) is 15.9 Å². The summed E-state index contributed by atoms with van der Waals surface area (Å²) in [6.07, 6.45) is 0. The second-order valence-corrected chi connectivity index (χ2v) is 8.28. The molecular weight excluding hydrogens is 408 g/mol. The van der Waals surface area contributed by atoms with Crippen LogP contribution >= 0.6 is 0 Å². The molecule has 4 rings (SSSR count). The summed E-state index contributed by atoms with van der Waals surface area (Å²) in [5.74, 6) is 1.40. The van der Waals surface area contributed by atoms with E-state index in [0.717, 1.165) is 0 Å². The van der Waals surface area contributed by atoms with Crippen molar-refractivity contribution in [1.29, 1.82) is 0 Å². The largest absolute Gasteiger partial charge is 0.454 e. The van der Waals surface area contributed by atoms with Gasteiger partial charge in [-0.15, -0.1) is 0 Å². The molecule has 0 spiro atoms. The van der Waals surface area contributed by atoms with Gasteiger partial charge in [0, 0.05) is 23.0 Å². The molecule has 0 unspecified atom stereocenters. The third kappa shape index (κ3) is 4.18. The van der Waals surface area contributed by atoms with Crippen molar-refractivity contribution in [3.63, 3.8) is 0 Å². The monoisotopic (exact) mass is 426 g/mol. The fourth-order valence-electron chi connectivity index (χ4n) is 2.92. The number of aryl methyl sites for hydroxylation is 2. The molecule has 3 aromatic rings. The summed E-state index contributed by atoms with van der Waals surface area (Å²) in [5, 5.41) is 2.72. The number of anilines is 2. The highest BCUT2D eigenvalue weighted by Crippen LogP contribution is 2.32. The number of carbonyl (C=O) groups is 1. The molecule has 2 aromatic carbocycles. The number of nitrogens with zero attached hydrogens (tertiary/aromatic N) is 2. The Morgan fingerprint density at radius 3 is 2.43 bits per heavy atom. The third-order valence-corrected chi connectivity index (χ3v) is 5.63. The number of carbonyl (C=O) groups excluding carboxylic acids is 1. The van der Waals surface area contributed by atoms with Gasteiger partial charge < -0.3 is 14.8 Å². The Bertz CT molecular complexity index is 1210. The van der Waals surface area contributed by atoms with Gasteiger partial charge in [-0.25, -0.2) is 18.4 Å². The van der Waals surface area contributed by atoms with Gasteiger partial charge in [0.2, 0.25) is 6.79 Å². The molecule has 1 aliphatic rings. The lowest BCUT2D eigenvalue weighted by atomic mass is 10.2. The SMILES string of the molecule is Cc1cc(NS(=O)(=O)c2ccc(NC(=O)c3ccc4c(c3)OCO4)cc2)nc(C)n1. The van der Waals surface area contributed by atoms with Crippen molar-refractivity contribution in [2.75, 3.05) is 16.8 Å². The fraction of sp³-hybridized carbons (Fsp3) is 0.150. The van der Waals surface area contributed by atoms with Crippen molar-refractivity contribution >= 4 is 27.4 Å². The maximum atomic E-state index is 12.6. The van der Waals surface area contributed by atoms with E-state index in [-0.39, 0.29) is 23.4 Å². The molecule has 1 aromatic heterocycles. The second kappa shape index (κ2) is 7.64. The lowest BCUT2D eigenvalue weighted by Gasteiger charge is -2.10. The summed E-state index contributed by atoms with van der Waals surface area (Å²) in [6, 6.07) is 12.2. The molecule has 154 valence electrons. The number of rotatable bonds is 5. The molecule has 1 amide bonds. The average Bonchev–Trinajstić information content (AvgIpc) is 3.15. The number of benzene rings is 2. The van der Waals surface area contributed by atoms with Gasteiger partial charge in [0.1, 0.15) is 11.6 Å². The van der Waals surface area contributed by atoms with Gasteiger partial charge in [-0.1, -0.05) is 0 Å². The Morgan fingerprint density at radius 1 is 0.967 bits per heavy atom. The molecule has 2 N–H and O–H groups in total. The maximum Gasteiger partial charge on any atom is 0.263 e. The van der Waals surface area contributed by atoms with Crippen molar-refractivity contribution in [3.05, 3.63) is 65.6 Å². The quantitative estimate of drug-likeness (QED) is 0.644. The summed E-state index contributed by atoms with van der Waals surface area (Å²) in [5.41, 5.74) is 1.50. The molecule has 0 saturated heterocycles. The first-order valence-corrected chi connectivity index (χ1v) is 10.4. The van der Waals surface area contributed by atoms with Gasteiger partial charge in [-0.3, -0.25) is 9.52 Å². The average molecular weight is 426 g/mol. The van der Waals surface area contributed by atoms with E-state index < -0.39 is 10.0 Å². The van der Waals surface area contributed by atoms with E-state index in [1.54, 1.807) is 38.1 Å². The van der Waals surface area contributed by atoms with Crippen LogP contribution in [0.1, 0.15) is 21.9 Å². The minimum Gasteiger partial charge on any atom is -0.454 e. The molecule has 0 atom stereocenters. The molecule has 2 heterocycles. The van der Waals surface area contributed by atoms with E-state index in [1.165, 1.54) is 24.3 Å². The number of nitrogens with one attached hydrogen (secondary N) is 2. The van der Waals surface area contributed by atoms with Gasteiger partial charge in [0.05, 0.1) is 4.90 Å². The van der Waals surface area contributed by atoms with Crippen molar-refractivity contribution in [2.24, 2.45) is 0 Å². The Labute approximate surface area is 173 Å². The summed E-state index contributed by atoms with van der Waals surface area (Å²) in [7, 11) is -3.83. The zero-order valence-corrected chi connectivity index (χ0v) is 17.0. The maximum absolute atomic E-state index is 12.6. The van der Waals surface area contributed by atoms with Crippen molar-refractivity contribution in [2.45, 2.75) is 18.7 Å². The lowest BCUT2D eigenvalue weighted by molar-refractivity contribution is 0.102. The second-order valence-electron chi connectivity index (χ2n) is 6.59. The number of fused-ring (bicyclic) bond motifs is 1. The number of hydrogen-bond acceptors (Lipinski definition) is 7. The number of aromatic nitrogens is 2. The predicted octanol–water partition coefficient (Wildman–Crippen LogP) is 2.88. The van der Waals surface area contributed by atoms with Crippen molar-refractivity contribution < 1.29 is 22.7 Å². The van der Waals surface area contributed by atoms with Crippen LogP contribution in [0.2, 0.25) is 0 Å². The van der Waals surface area contributed by atoms with Crippen LogP contribution in [0.4, 0.5) is 11.5 Å². The van der Waals surface area contributed by atoms with Crippen LogP contribution in [0.5, 0.6) is 11.5 Å². The normalized spacial score (nSPS) is 12.5. The molecule has 30 heavy (non-hydrogen) atoms. The molecule has 0 radical (unpaired) electrons. The van der Waals surface area contributed by atoms with E-state index in [0.29, 0.717) is 34.3 Å². The first-order chi connectivity index (χ1) is 14.3. The fourth-order valence-corrected chi connectivity index (χ4v) is 3.92. The molecule has 10 heteroatoms. The highest BCUT2D eigenvalue weighted by atomic mass is 32.2. The number of sulfonamides is 1. The van der Waals surface area contributed by atoms with E-state index in [9.17, 15) is 13.2 Å². The summed E-state index contributed by atoms with van der Waals surface area (Å²) < 4.78 is 38.1. The first-order valence-electron chi connectivity index (χ1n) is 8.96. The highest BCUT2D eigenvalue weighted by molar-refractivity contribution is 7.92. The molecule has 0 bridgehead atoms. The Hall–Kier alpha value is -3.66. The minimum atomic E-state index is -3.83. The number of hydrogen-bond donors (Lipinski definition) is 2. The summed E-state index contributed by atoms with van der Waals surface area (Å²) >= 11 is 0. The Kier molecular flexibility index (Phi) is 5.00. The molecular formula is C20H18N4O5S. The first kappa shape index (κ1) is 19.6. The highest BCUT2D eigenvalue weighted by Gasteiger charge is 2.18. The van der Waals surface area contributed by atoms with Gasteiger partial charge in [0.15, 0.2) is 11.5 Å². The summed E-state index contributed by atoms with van der Waals surface area (Å²) in [6.45, 7) is 3.56. The van der Waals surface area contributed by atoms with Gasteiger partial charge in [-0.05, 0) is 56.3 Å². The predicted molar refractivity (Wildman–Crippen MR) is 109 cm³/mol. The van der Waals surface area contributed by atoms with Gasteiger partial charge >= 0.3 is 0 Å². The summed E-state index contributed by atoms with van der Waals surface area (Å²) in [4.78, 5) is 20.7. The zero-order chi connectivity index (χ0) is 21.3. The van der Waals surface area contributed by atoms with E-state index >= 15 is 0 Å². The molecule has 0 aliphatic carbocycles. The topological polar surface area (TPSA) is 120 Å². The van der Waals surface area contributed by atoms with Crippen LogP contribution < -0.4 is 19.5 Å². The zero-order valence-electron chi connectivity index (χ0n) is 16.2. The lowest BCUT2D eigenvalue weighted by Crippen LogP contribution is -2.15. The number of amides is 1. The van der Waals surface area contributed by atoms with Crippen LogP contribution in [0.3, 0.4) is 0 Å². The number of ether oxygens (including phenoxy) is 2. The molecule has 1 aliphatic heterocycles. The molecule has 9 nitrogen and oxygen atoms in total. The minimum absolute atomic E-state index is 0.0393. The van der Waals surface area contributed by atoms with Crippen LogP contribution in [-0.4, -0.2) is 31.1 Å². The van der Waals surface area contributed by atoms with Crippen molar-refractivity contribution in [3.8, 4) is 11.5 Å². The van der Waals surface area contributed by atoms with Crippen molar-refractivity contribution in [1.82, 2.24) is 9.97 Å². The third-order valence-electron chi connectivity index (χ3n) is 4.26. The van der Waals surface area contributed by atoms with Crippen LogP contribution in [0, 0.1) is 13.8 Å². The Morgan fingerprint density at radius 2 is 1.70 bits per heavy atom. The van der Waals surface area contributed by atoms with Crippen LogP contribution in [0.25, 0.3) is 0 Å². The molecule has 0 fully saturated rings. The standard InChI is InChI=1S/C20H18N4O5S/c1-12-9-19(22-13(2)21-12)24-30(26,27)16-6-4-15(5-7-16)23-20(25)14-3-8-17-18(10-14)29-11-28-17/h3-10H,11H2,1-2H3,(H,23,25)(H,21,22,24). The molecule has 0 saturated carbocycles. The Balaban J connectivity index is 1.47. The van der Waals surface area contributed by atoms with E-state index in [4.69, 9.17) is 9.47 Å².